The summed E-state index contributed by atoms with van der Waals surface area (Å²) >= 11 is 0. The zero-order chi connectivity index (χ0) is 20.7. The molecule has 2 unspecified atom stereocenters. The van der Waals surface area contributed by atoms with Gasteiger partial charge >= 0.3 is 0 Å². The molecular weight excluding hydrogens is 336 g/mol. The average molecular weight is 395 g/mol. The van der Waals surface area contributed by atoms with Crippen LogP contribution in [-0.4, -0.2) is 0 Å². The second-order valence-corrected chi connectivity index (χ2v) is 10.0. The van der Waals surface area contributed by atoms with E-state index in [2.05, 4.69) is 27.7 Å². The van der Waals surface area contributed by atoms with Gasteiger partial charge in [0, 0.05) is 0 Å². The van der Waals surface area contributed by atoms with Crippen molar-refractivity contribution in [1.82, 2.24) is 0 Å². The average Bonchev–Trinajstić information content (AvgIpc) is 2.69. The molecule has 0 aliphatic heterocycles. The van der Waals surface area contributed by atoms with Crippen molar-refractivity contribution in [2.75, 3.05) is 0 Å². The van der Waals surface area contributed by atoms with Crippen molar-refractivity contribution in [3.8, 4) is 0 Å². The van der Waals surface area contributed by atoms with E-state index in [1.807, 2.05) is 0 Å². The fourth-order valence-corrected chi connectivity index (χ4v) is 4.51. The minimum Gasteiger partial charge on any atom is -0.0654 e. The Hall–Kier alpha value is 0. The van der Waals surface area contributed by atoms with E-state index in [9.17, 15) is 0 Å². The topological polar surface area (TPSA) is 0 Å². The van der Waals surface area contributed by atoms with Crippen molar-refractivity contribution in [2.45, 2.75) is 169 Å². The predicted molar refractivity (Wildman–Crippen MR) is 131 cm³/mol. The second-order valence-electron chi connectivity index (χ2n) is 10.0. The summed E-state index contributed by atoms with van der Waals surface area (Å²) in [5.41, 5.74) is 0. The molecule has 0 N–H and O–H groups in total. The molecule has 0 fully saturated rings. The first-order chi connectivity index (χ1) is 13.7. The minimum atomic E-state index is 0.964. The normalized spacial score (nSPS) is 13.7. The Morgan fingerprint density at radius 3 is 0.893 bits per heavy atom. The van der Waals surface area contributed by atoms with Crippen molar-refractivity contribution in [1.29, 1.82) is 0 Å². The molecule has 0 aliphatic rings. The van der Waals surface area contributed by atoms with Gasteiger partial charge < -0.3 is 0 Å². The van der Waals surface area contributed by atoms with Crippen LogP contribution in [0.5, 0.6) is 0 Å². The Kier molecular flexibility index (Phi) is 23.3. The van der Waals surface area contributed by atoms with Gasteiger partial charge in [0.1, 0.15) is 0 Å². The first-order valence-corrected chi connectivity index (χ1v) is 13.7. The quantitative estimate of drug-likeness (QED) is 0.151. The summed E-state index contributed by atoms with van der Waals surface area (Å²) in [5.74, 6) is 1.93. The lowest BCUT2D eigenvalue weighted by atomic mass is 9.94. The number of hydrogen-bond donors (Lipinski definition) is 0. The smallest absolute Gasteiger partial charge is 0.0443 e. The highest BCUT2D eigenvalue weighted by atomic mass is 14.1. The van der Waals surface area contributed by atoms with Gasteiger partial charge in [-0.05, 0) is 11.8 Å². The van der Waals surface area contributed by atoms with E-state index in [0.29, 0.717) is 0 Å². The standard InChI is InChI=1S/C28H58/c1-5-7-9-10-11-12-13-14-15-17-20-25-28(4)26-22-19-16-18-21-24-27(3)23-8-6-2/h27-28H,5-26H2,1-4H3. The van der Waals surface area contributed by atoms with Crippen LogP contribution in [0.1, 0.15) is 169 Å². The van der Waals surface area contributed by atoms with Gasteiger partial charge in [0.15, 0.2) is 0 Å². The number of unbranched alkanes of at least 4 members (excludes halogenated alkanes) is 15. The first kappa shape index (κ1) is 28.0. The molecule has 0 heterocycles. The van der Waals surface area contributed by atoms with Crippen molar-refractivity contribution in [3.63, 3.8) is 0 Å². The first-order valence-electron chi connectivity index (χ1n) is 13.7. The lowest BCUT2D eigenvalue weighted by molar-refractivity contribution is 0.420. The van der Waals surface area contributed by atoms with Crippen LogP contribution >= 0.6 is 0 Å². The summed E-state index contributed by atoms with van der Waals surface area (Å²) in [6.45, 7) is 9.56. The van der Waals surface area contributed by atoms with Crippen LogP contribution < -0.4 is 0 Å². The monoisotopic (exact) mass is 394 g/mol. The molecule has 0 aromatic carbocycles. The lowest BCUT2D eigenvalue weighted by Crippen LogP contribution is -1.96. The van der Waals surface area contributed by atoms with Gasteiger partial charge in [-0.15, -0.1) is 0 Å². The Labute approximate surface area is 181 Å². The maximum atomic E-state index is 2.49. The highest BCUT2D eigenvalue weighted by Gasteiger charge is 2.03. The van der Waals surface area contributed by atoms with Gasteiger partial charge in [-0.3, -0.25) is 0 Å². The second kappa shape index (κ2) is 23.3. The lowest BCUT2D eigenvalue weighted by Gasteiger charge is -2.12. The largest absolute Gasteiger partial charge is 0.0654 e. The molecule has 0 aromatic rings. The van der Waals surface area contributed by atoms with E-state index < -0.39 is 0 Å². The highest BCUT2D eigenvalue weighted by Crippen LogP contribution is 2.20. The molecule has 0 radical (unpaired) electrons. The molecule has 0 bridgehead atoms. The van der Waals surface area contributed by atoms with Crippen LogP contribution in [0.4, 0.5) is 0 Å². The highest BCUT2D eigenvalue weighted by molar-refractivity contribution is 4.57. The predicted octanol–water partition coefficient (Wildman–Crippen LogP) is 10.9. The van der Waals surface area contributed by atoms with Crippen molar-refractivity contribution >= 4 is 0 Å². The van der Waals surface area contributed by atoms with Crippen LogP contribution in [0.15, 0.2) is 0 Å². The number of rotatable bonds is 23. The molecule has 0 heteroatoms. The Balaban J connectivity index is 3.20. The third-order valence-electron chi connectivity index (χ3n) is 6.74. The molecule has 28 heavy (non-hydrogen) atoms. The molecule has 0 nitrogen and oxygen atoms in total. The molecule has 0 saturated carbocycles. The third kappa shape index (κ3) is 22.3. The van der Waals surface area contributed by atoms with Gasteiger partial charge in [0.05, 0.1) is 0 Å². The zero-order valence-corrected chi connectivity index (χ0v) is 20.7. The summed E-state index contributed by atoms with van der Waals surface area (Å²) in [7, 11) is 0. The summed E-state index contributed by atoms with van der Waals surface area (Å²) in [6, 6.07) is 0. The van der Waals surface area contributed by atoms with Crippen molar-refractivity contribution in [2.24, 2.45) is 11.8 Å². The fourth-order valence-electron chi connectivity index (χ4n) is 4.51. The summed E-state index contributed by atoms with van der Waals surface area (Å²) in [6.07, 6.45) is 32.2. The van der Waals surface area contributed by atoms with Crippen LogP contribution in [0.2, 0.25) is 0 Å². The third-order valence-corrected chi connectivity index (χ3v) is 6.74. The van der Waals surface area contributed by atoms with E-state index in [4.69, 9.17) is 0 Å². The Morgan fingerprint density at radius 2 is 0.571 bits per heavy atom. The summed E-state index contributed by atoms with van der Waals surface area (Å²) in [5, 5.41) is 0. The fraction of sp³-hybridized carbons (Fsp3) is 1.00. The van der Waals surface area contributed by atoms with E-state index in [1.165, 1.54) is 141 Å². The molecule has 170 valence electrons. The molecule has 0 saturated heterocycles. The summed E-state index contributed by atoms with van der Waals surface area (Å²) in [4.78, 5) is 0. The molecule has 0 rings (SSSR count). The zero-order valence-electron chi connectivity index (χ0n) is 20.7. The Morgan fingerprint density at radius 1 is 0.321 bits per heavy atom. The van der Waals surface area contributed by atoms with E-state index in [-0.39, 0.29) is 0 Å². The van der Waals surface area contributed by atoms with Crippen LogP contribution in [0, 0.1) is 11.8 Å². The van der Waals surface area contributed by atoms with Crippen LogP contribution in [0.25, 0.3) is 0 Å². The molecule has 2 atom stereocenters. The molecule has 0 aliphatic carbocycles. The van der Waals surface area contributed by atoms with Gasteiger partial charge in [-0.1, -0.05) is 169 Å². The van der Waals surface area contributed by atoms with Crippen molar-refractivity contribution in [3.05, 3.63) is 0 Å². The maximum Gasteiger partial charge on any atom is -0.0443 e. The minimum absolute atomic E-state index is 0.964. The molecular formula is C28H58. The van der Waals surface area contributed by atoms with Gasteiger partial charge in [0.25, 0.3) is 0 Å². The van der Waals surface area contributed by atoms with Crippen molar-refractivity contribution < 1.29 is 0 Å². The van der Waals surface area contributed by atoms with Crippen LogP contribution in [0.3, 0.4) is 0 Å². The van der Waals surface area contributed by atoms with E-state index in [1.54, 1.807) is 0 Å². The molecule has 0 amide bonds. The van der Waals surface area contributed by atoms with Gasteiger partial charge in [-0.25, -0.2) is 0 Å². The summed E-state index contributed by atoms with van der Waals surface area (Å²) < 4.78 is 0. The molecule has 0 aromatic heterocycles. The van der Waals surface area contributed by atoms with Gasteiger partial charge in [0.2, 0.25) is 0 Å². The number of hydrogen-bond acceptors (Lipinski definition) is 0. The van der Waals surface area contributed by atoms with Crippen LogP contribution in [-0.2, 0) is 0 Å². The molecule has 0 spiro atoms. The van der Waals surface area contributed by atoms with Gasteiger partial charge in [-0.2, -0.15) is 0 Å². The van der Waals surface area contributed by atoms with E-state index >= 15 is 0 Å². The Bertz CT molecular complexity index is 269. The van der Waals surface area contributed by atoms with E-state index in [0.717, 1.165) is 11.8 Å². The SMILES string of the molecule is CCCCCCCCCCCCCC(C)CCCCCCCC(C)CCCC. The maximum absolute atomic E-state index is 2.49.